The third-order valence-corrected chi connectivity index (χ3v) is 3.91. The van der Waals surface area contributed by atoms with Gasteiger partial charge in [0.1, 0.15) is 12.1 Å². The van der Waals surface area contributed by atoms with Crippen LogP contribution in [0, 0.1) is 0 Å². The molecule has 0 radical (unpaired) electrons. The fourth-order valence-corrected chi connectivity index (χ4v) is 2.84. The van der Waals surface area contributed by atoms with Gasteiger partial charge in [-0.2, -0.15) is 0 Å². The van der Waals surface area contributed by atoms with Crippen LogP contribution in [0.5, 0.6) is 0 Å². The molecule has 98 valence electrons. The molecule has 0 N–H and O–H groups in total. The van der Waals surface area contributed by atoms with Crippen LogP contribution < -0.4 is 4.90 Å². The molecule has 2 aliphatic rings. The van der Waals surface area contributed by atoms with Crippen LogP contribution in [0.15, 0.2) is 18.6 Å². The molecule has 2 aliphatic heterocycles. The van der Waals surface area contributed by atoms with Crippen LogP contribution in [-0.2, 0) is 4.74 Å². The fraction of sp³-hybridized carbons (Fsp3) is 0.692. The van der Waals surface area contributed by atoms with Crippen LogP contribution in [0.3, 0.4) is 0 Å². The van der Waals surface area contributed by atoms with Gasteiger partial charge in [0.25, 0.3) is 0 Å². The Kier molecular flexibility index (Phi) is 3.71. The molecule has 0 amide bonds. The van der Waals surface area contributed by atoms with E-state index in [9.17, 15) is 0 Å². The van der Waals surface area contributed by atoms with Gasteiger partial charge in [0.2, 0.25) is 0 Å². The second-order valence-corrected chi connectivity index (χ2v) is 4.93. The van der Waals surface area contributed by atoms with Gasteiger partial charge >= 0.3 is 0 Å². The Morgan fingerprint density at radius 1 is 1.11 bits per heavy atom. The Morgan fingerprint density at radius 2 is 1.89 bits per heavy atom. The van der Waals surface area contributed by atoms with E-state index in [1.165, 1.54) is 12.8 Å². The minimum Gasteiger partial charge on any atom is -0.381 e. The zero-order valence-corrected chi connectivity index (χ0v) is 10.7. The summed E-state index contributed by atoms with van der Waals surface area (Å²) in [5.74, 6) is 1.05. The summed E-state index contributed by atoms with van der Waals surface area (Å²) in [6.45, 7) is 6.25. The van der Waals surface area contributed by atoms with Crippen molar-refractivity contribution < 1.29 is 4.74 Å². The van der Waals surface area contributed by atoms with Crippen molar-refractivity contribution >= 4 is 5.82 Å². The Balaban J connectivity index is 1.54. The molecule has 0 spiro atoms. The molecule has 18 heavy (non-hydrogen) atoms. The second kappa shape index (κ2) is 5.63. The lowest BCUT2D eigenvalue weighted by molar-refractivity contribution is 0.0321. The van der Waals surface area contributed by atoms with Crippen LogP contribution in [-0.4, -0.2) is 60.3 Å². The zero-order valence-electron chi connectivity index (χ0n) is 10.7. The van der Waals surface area contributed by atoms with Crippen molar-refractivity contribution in [2.24, 2.45) is 0 Å². The maximum absolute atomic E-state index is 5.43. The maximum atomic E-state index is 5.43. The molecule has 0 saturated carbocycles. The first-order valence-corrected chi connectivity index (χ1v) is 6.76. The topological polar surface area (TPSA) is 41.5 Å². The van der Waals surface area contributed by atoms with Crippen LogP contribution >= 0.6 is 0 Å². The summed E-state index contributed by atoms with van der Waals surface area (Å²) in [4.78, 5) is 13.2. The van der Waals surface area contributed by atoms with Crippen molar-refractivity contribution in [2.75, 3.05) is 44.3 Å². The van der Waals surface area contributed by atoms with Gasteiger partial charge in [0.05, 0.1) is 0 Å². The monoisotopic (exact) mass is 248 g/mol. The normalized spacial score (nSPS) is 23.2. The van der Waals surface area contributed by atoms with Crippen LogP contribution in [0.25, 0.3) is 0 Å². The van der Waals surface area contributed by atoms with Gasteiger partial charge in [0.15, 0.2) is 0 Å². The third-order valence-electron chi connectivity index (χ3n) is 3.91. The molecule has 0 atom stereocenters. The Bertz CT molecular complexity index is 359. The first-order chi connectivity index (χ1) is 8.93. The van der Waals surface area contributed by atoms with Crippen molar-refractivity contribution in [1.29, 1.82) is 0 Å². The molecule has 1 aromatic rings. The summed E-state index contributed by atoms with van der Waals surface area (Å²) in [5.41, 5.74) is 0. The molecule has 0 aliphatic carbocycles. The molecule has 2 saturated heterocycles. The molecular formula is C13H20N4O. The molecular weight excluding hydrogens is 228 g/mol. The molecule has 5 nitrogen and oxygen atoms in total. The average molecular weight is 248 g/mol. The smallest absolute Gasteiger partial charge is 0.131 e. The molecule has 5 heteroatoms. The number of hydrogen-bond donors (Lipinski definition) is 0. The quantitative estimate of drug-likeness (QED) is 0.773. The van der Waals surface area contributed by atoms with Gasteiger partial charge in [-0.15, -0.1) is 0 Å². The number of anilines is 1. The first kappa shape index (κ1) is 11.9. The highest BCUT2D eigenvalue weighted by molar-refractivity contribution is 5.36. The predicted molar refractivity (Wildman–Crippen MR) is 69.7 cm³/mol. The summed E-state index contributed by atoms with van der Waals surface area (Å²) in [5, 5.41) is 0. The van der Waals surface area contributed by atoms with E-state index >= 15 is 0 Å². The summed E-state index contributed by atoms with van der Waals surface area (Å²) in [7, 11) is 0. The van der Waals surface area contributed by atoms with E-state index in [0.29, 0.717) is 0 Å². The SMILES string of the molecule is c1cc(N2CCN(C3CCOCC3)CC2)ncn1. The lowest BCUT2D eigenvalue weighted by Gasteiger charge is -2.41. The van der Waals surface area contributed by atoms with Gasteiger partial charge in [-0.1, -0.05) is 0 Å². The van der Waals surface area contributed by atoms with Crippen LogP contribution in [0.2, 0.25) is 0 Å². The summed E-state index contributed by atoms with van der Waals surface area (Å²) >= 11 is 0. The molecule has 0 unspecified atom stereocenters. The Labute approximate surface area is 108 Å². The third kappa shape index (κ3) is 2.62. The van der Waals surface area contributed by atoms with Crippen LogP contribution in [0.1, 0.15) is 12.8 Å². The fourth-order valence-electron chi connectivity index (χ4n) is 2.84. The van der Waals surface area contributed by atoms with E-state index in [1.54, 1.807) is 6.33 Å². The Morgan fingerprint density at radius 3 is 2.56 bits per heavy atom. The summed E-state index contributed by atoms with van der Waals surface area (Å²) in [6, 6.07) is 2.72. The molecule has 2 fully saturated rings. The van der Waals surface area contributed by atoms with Crippen molar-refractivity contribution in [3.05, 3.63) is 18.6 Å². The summed E-state index contributed by atoms with van der Waals surface area (Å²) in [6.07, 6.45) is 5.81. The van der Waals surface area contributed by atoms with E-state index in [-0.39, 0.29) is 0 Å². The van der Waals surface area contributed by atoms with Crippen LogP contribution in [0.4, 0.5) is 5.82 Å². The van der Waals surface area contributed by atoms with Gasteiger partial charge in [-0.05, 0) is 18.9 Å². The number of rotatable bonds is 2. The zero-order chi connectivity index (χ0) is 12.2. The predicted octanol–water partition coefficient (Wildman–Crippen LogP) is 0.778. The van der Waals surface area contributed by atoms with Gasteiger partial charge in [-0.3, -0.25) is 4.90 Å². The van der Waals surface area contributed by atoms with Gasteiger partial charge in [-0.25, -0.2) is 9.97 Å². The highest BCUT2D eigenvalue weighted by atomic mass is 16.5. The largest absolute Gasteiger partial charge is 0.381 e. The van der Waals surface area contributed by atoms with Gasteiger partial charge < -0.3 is 9.64 Å². The number of nitrogens with zero attached hydrogens (tertiary/aromatic N) is 4. The number of piperazine rings is 1. The molecule has 3 heterocycles. The average Bonchev–Trinajstić information content (AvgIpc) is 2.49. The molecule has 1 aromatic heterocycles. The minimum atomic E-state index is 0.728. The van der Waals surface area contributed by atoms with E-state index in [2.05, 4.69) is 19.8 Å². The molecule has 0 bridgehead atoms. The van der Waals surface area contributed by atoms with Crippen molar-refractivity contribution in [3.8, 4) is 0 Å². The van der Waals surface area contributed by atoms with Crippen molar-refractivity contribution in [3.63, 3.8) is 0 Å². The first-order valence-electron chi connectivity index (χ1n) is 6.76. The Hall–Kier alpha value is -1.20. The highest BCUT2D eigenvalue weighted by Crippen LogP contribution is 2.18. The second-order valence-electron chi connectivity index (χ2n) is 4.93. The minimum absolute atomic E-state index is 0.728. The maximum Gasteiger partial charge on any atom is 0.131 e. The molecule has 0 aromatic carbocycles. The van der Waals surface area contributed by atoms with E-state index in [0.717, 1.165) is 51.3 Å². The standard InChI is InChI=1S/C13H20N4O/c1-4-14-11-15-13(1)17-7-5-16(6-8-17)12-2-9-18-10-3-12/h1,4,11-12H,2-3,5-10H2. The lowest BCUT2D eigenvalue weighted by atomic mass is 10.1. The molecule has 3 rings (SSSR count). The highest BCUT2D eigenvalue weighted by Gasteiger charge is 2.25. The van der Waals surface area contributed by atoms with E-state index in [1.807, 2.05) is 12.3 Å². The number of aromatic nitrogens is 2. The van der Waals surface area contributed by atoms with Gasteiger partial charge in [0, 0.05) is 51.6 Å². The van der Waals surface area contributed by atoms with Crippen molar-refractivity contribution in [1.82, 2.24) is 14.9 Å². The van der Waals surface area contributed by atoms with Crippen molar-refractivity contribution in [2.45, 2.75) is 18.9 Å². The number of hydrogen-bond acceptors (Lipinski definition) is 5. The lowest BCUT2D eigenvalue weighted by Crippen LogP contribution is -2.51. The number of ether oxygens (including phenoxy) is 1. The van der Waals surface area contributed by atoms with E-state index in [4.69, 9.17) is 4.74 Å². The summed E-state index contributed by atoms with van der Waals surface area (Å²) < 4.78 is 5.43. The van der Waals surface area contributed by atoms with E-state index < -0.39 is 0 Å².